The topological polar surface area (TPSA) is 68.4 Å². The van der Waals surface area contributed by atoms with Gasteiger partial charge in [0.25, 0.3) is 0 Å². The number of aromatic nitrogens is 1. The van der Waals surface area contributed by atoms with Crippen LogP contribution in [-0.2, 0) is 9.47 Å². The van der Waals surface area contributed by atoms with Gasteiger partial charge in [-0.3, -0.25) is 0 Å². The van der Waals surface area contributed by atoms with E-state index in [0.29, 0.717) is 5.69 Å². The highest BCUT2D eigenvalue weighted by Gasteiger charge is 2.23. The molecule has 0 saturated heterocycles. The van der Waals surface area contributed by atoms with Gasteiger partial charge in [-0.25, -0.2) is 9.59 Å². The van der Waals surface area contributed by atoms with Gasteiger partial charge in [0, 0.05) is 6.20 Å². The normalized spacial score (nSPS) is 10.6. The lowest BCUT2D eigenvalue weighted by Gasteiger charge is -2.02. The molecule has 108 valence electrons. The van der Waals surface area contributed by atoms with E-state index in [4.69, 9.17) is 4.74 Å². The maximum absolute atomic E-state index is 11.9. The summed E-state index contributed by atoms with van der Waals surface area (Å²) in [5.41, 5.74) is 1.78. The van der Waals surface area contributed by atoms with Crippen LogP contribution in [0.4, 0.5) is 0 Å². The molecule has 0 saturated carbocycles. The van der Waals surface area contributed by atoms with Gasteiger partial charge in [0.2, 0.25) is 0 Å². The number of methoxy groups -OCH3 is 2. The first-order chi connectivity index (χ1) is 10.2. The summed E-state index contributed by atoms with van der Waals surface area (Å²) in [5.74, 6) is -1.18. The van der Waals surface area contributed by atoms with Crippen molar-refractivity contribution >= 4 is 24.1 Å². The Hall–Kier alpha value is -2.82. The zero-order valence-corrected chi connectivity index (χ0v) is 11.8. The standard InChI is InChI=1S/C16H15NO4/c1-20-15(18)12-10-17-13(14(12)16(19)21-2)9-8-11-6-4-3-5-7-11/h3-10,17H,1-2H3/b9-8+. The molecular weight excluding hydrogens is 270 g/mol. The smallest absolute Gasteiger partial charge is 0.340 e. The molecule has 21 heavy (non-hydrogen) atoms. The fourth-order valence-electron chi connectivity index (χ4n) is 1.91. The molecule has 1 aromatic carbocycles. The minimum atomic E-state index is -0.593. The Balaban J connectivity index is 2.40. The number of esters is 2. The Morgan fingerprint density at radius 3 is 2.29 bits per heavy atom. The van der Waals surface area contributed by atoms with Gasteiger partial charge >= 0.3 is 11.9 Å². The van der Waals surface area contributed by atoms with Crippen molar-refractivity contribution in [1.29, 1.82) is 0 Å². The molecule has 1 heterocycles. The molecule has 0 atom stereocenters. The molecule has 2 rings (SSSR count). The summed E-state index contributed by atoms with van der Waals surface area (Å²) in [4.78, 5) is 26.4. The summed E-state index contributed by atoms with van der Waals surface area (Å²) in [7, 11) is 2.52. The quantitative estimate of drug-likeness (QED) is 0.877. The lowest BCUT2D eigenvalue weighted by Crippen LogP contribution is -2.10. The van der Waals surface area contributed by atoms with Crippen molar-refractivity contribution < 1.29 is 19.1 Å². The van der Waals surface area contributed by atoms with Crippen LogP contribution in [0.1, 0.15) is 32.0 Å². The Bertz CT molecular complexity index is 671. The zero-order chi connectivity index (χ0) is 15.2. The van der Waals surface area contributed by atoms with E-state index >= 15 is 0 Å². The van der Waals surface area contributed by atoms with Crippen LogP contribution in [0.25, 0.3) is 12.2 Å². The monoisotopic (exact) mass is 285 g/mol. The van der Waals surface area contributed by atoms with Crippen LogP contribution in [0, 0.1) is 0 Å². The van der Waals surface area contributed by atoms with Crippen molar-refractivity contribution in [2.75, 3.05) is 14.2 Å². The third-order valence-corrected chi connectivity index (χ3v) is 2.95. The third kappa shape index (κ3) is 3.20. The van der Waals surface area contributed by atoms with Crippen molar-refractivity contribution in [2.24, 2.45) is 0 Å². The maximum Gasteiger partial charge on any atom is 0.340 e. The van der Waals surface area contributed by atoms with Gasteiger partial charge in [0.15, 0.2) is 0 Å². The number of carbonyl (C=O) groups is 2. The van der Waals surface area contributed by atoms with Gasteiger partial charge in [-0.05, 0) is 11.6 Å². The molecule has 2 aromatic rings. The molecule has 0 fully saturated rings. The minimum absolute atomic E-state index is 0.150. The molecule has 0 aliphatic heterocycles. The van der Waals surface area contributed by atoms with Crippen LogP contribution < -0.4 is 0 Å². The highest BCUT2D eigenvalue weighted by molar-refractivity contribution is 6.05. The number of ether oxygens (including phenoxy) is 2. The highest BCUT2D eigenvalue weighted by Crippen LogP contribution is 2.19. The molecule has 5 heteroatoms. The van der Waals surface area contributed by atoms with Crippen molar-refractivity contribution in [3.8, 4) is 0 Å². The number of H-pyrrole nitrogens is 1. The molecule has 0 spiro atoms. The number of nitrogens with one attached hydrogen (secondary N) is 1. The molecule has 0 aliphatic rings. The van der Waals surface area contributed by atoms with E-state index in [1.54, 1.807) is 6.08 Å². The van der Waals surface area contributed by atoms with E-state index in [-0.39, 0.29) is 11.1 Å². The average Bonchev–Trinajstić information content (AvgIpc) is 2.96. The SMILES string of the molecule is COC(=O)c1c[nH]c(/C=C/c2ccccc2)c1C(=O)OC. The van der Waals surface area contributed by atoms with Gasteiger partial charge in [-0.1, -0.05) is 36.4 Å². The number of carbonyl (C=O) groups excluding carboxylic acids is 2. The van der Waals surface area contributed by atoms with Crippen molar-refractivity contribution in [3.05, 3.63) is 58.9 Å². The van der Waals surface area contributed by atoms with E-state index in [0.717, 1.165) is 5.56 Å². The highest BCUT2D eigenvalue weighted by atomic mass is 16.5. The molecule has 0 radical (unpaired) electrons. The predicted molar refractivity (Wildman–Crippen MR) is 78.8 cm³/mol. The van der Waals surface area contributed by atoms with E-state index in [2.05, 4.69) is 9.72 Å². The molecule has 1 aromatic heterocycles. The van der Waals surface area contributed by atoms with Crippen LogP contribution in [0.2, 0.25) is 0 Å². The van der Waals surface area contributed by atoms with E-state index in [1.807, 2.05) is 36.4 Å². The predicted octanol–water partition coefficient (Wildman–Crippen LogP) is 2.76. The van der Waals surface area contributed by atoms with Crippen LogP contribution in [-0.4, -0.2) is 31.1 Å². The number of hydrogen-bond acceptors (Lipinski definition) is 4. The van der Waals surface area contributed by atoms with Crippen LogP contribution in [0.5, 0.6) is 0 Å². The fourth-order valence-corrected chi connectivity index (χ4v) is 1.91. The first-order valence-electron chi connectivity index (χ1n) is 6.28. The second-order valence-electron chi connectivity index (χ2n) is 4.22. The van der Waals surface area contributed by atoms with E-state index < -0.39 is 11.9 Å². The van der Waals surface area contributed by atoms with Crippen LogP contribution in [0.15, 0.2) is 36.5 Å². The number of rotatable bonds is 4. The Morgan fingerprint density at radius 1 is 1.00 bits per heavy atom. The lowest BCUT2D eigenvalue weighted by atomic mass is 10.1. The lowest BCUT2D eigenvalue weighted by molar-refractivity contribution is 0.0556. The fraction of sp³-hybridized carbons (Fsp3) is 0.125. The number of hydrogen-bond donors (Lipinski definition) is 1. The summed E-state index contributed by atoms with van der Waals surface area (Å²) in [6.07, 6.45) is 4.98. The summed E-state index contributed by atoms with van der Waals surface area (Å²) >= 11 is 0. The van der Waals surface area contributed by atoms with Gasteiger partial charge in [0.05, 0.1) is 31.0 Å². The van der Waals surface area contributed by atoms with Gasteiger partial charge in [-0.15, -0.1) is 0 Å². The van der Waals surface area contributed by atoms with Crippen molar-refractivity contribution in [2.45, 2.75) is 0 Å². The number of aromatic amines is 1. The molecule has 0 unspecified atom stereocenters. The largest absolute Gasteiger partial charge is 0.465 e. The summed E-state index contributed by atoms with van der Waals surface area (Å²) < 4.78 is 9.38. The van der Waals surface area contributed by atoms with Crippen molar-refractivity contribution in [1.82, 2.24) is 4.98 Å². The van der Waals surface area contributed by atoms with Gasteiger partial charge in [0.1, 0.15) is 0 Å². The van der Waals surface area contributed by atoms with Gasteiger partial charge in [-0.2, -0.15) is 0 Å². The summed E-state index contributed by atoms with van der Waals surface area (Å²) in [6, 6.07) is 9.60. The summed E-state index contributed by atoms with van der Waals surface area (Å²) in [6.45, 7) is 0. The van der Waals surface area contributed by atoms with E-state index in [1.165, 1.54) is 20.4 Å². The first-order valence-corrected chi connectivity index (χ1v) is 6.28. The Kier molecular flexibility index (Phi) is 4.56. The average molecular weight is 285 g/mol. The molecule has 0 bridgehead atoms. The molecule has 1 N–H and O–H groups in total. The van der Waals surface area contributed by atoms with Crippen molar-refractivity contribution in [3.63, 3.8) is 0 Å². The molecule has 0 aliphatic carbocycles. The zero-order valence-electron chi connectivity index (χ0n) is 11.8. The van der Waals surface area contributed by atoms with E-state index in [9.17, 15) is 9.59 Å². The summed E-state index contributed by atoms with van der Waals surface area (Å²) in [5, 5.41) is 0. The maximum atomic E-state index is 11.9. The number of benzene rings is 1. The molecular formula is C16H15NO4. The molecule has 0 amide bonds. The van der Waals surface area contributed by atoms with Crippen LogP contribution >= 0.6 is 0 Å². The second-order valence-corrected chi connectivity index (χ2v) is 4.22. The van der Waals surface area contributed by atoms with Crippen LogP contribution in [0.3, 0.4) is 0 Å². The van der Waals surface area contributed by atoms with Gasteiger partial charge < -0.3 is 14.5 Å². The second kappa shape index (κ2) is 6.56. The Morgan fingerprint density at radius 2 is 1.67 bits per heavy atom. The minimum Gasteiger partial charge on any atom is -0.465 e. The molecule has 5 nitrogen and oxygen atoms in total. The Labute approximate surface area is 122 Å². The first kappa shape index (κ1) is 14.6. The third-order valence-electron chi connectivity index (χ3n) is 2.95.